The van der Waals surface area contributed by atoms with Gasteiger partial charge in [0.2, 0.25) is 10.0 Å². The molecule has 1 N–H and O–H groups in total. The SMILES string of the molecule is COc1ccc(C(=O)COC(=O)CNS(=O)(=O)c2ccc(C)c(C)c2)cc1F. The van der Waals surface area contributed by atoms with Crippen LogP contribution in [0.5, 0.6) is 5.75 Å². The highest BCUT2D eigenvalue weighted by atomic mass is 32.2. The number of halogens is 1. The van der Waals surface area contributed by atoms with Crippen LogP contribution in [0, 0.1) is 19.7 Å². The molecule has 0 aliphatic rings. The van der Waals surface area contributed by atoms with Gasteiger partial charge in [-0.05, 0) is 55.3 Å². The Balaban J connectivity index is 1.90. The molecule has 0 aliphatic carbocycles. The number of esters is 1. The van der Waals surface area contributed by atoms with Crippen LogP contribution in [-0.4, -0.2) is 40.4 Å². The van der Waals surface area contributed by atoms with E-state index in [1.54, 1.807) is 13.0 Å². The van der Waals surface area contributed by atoms with Gasteiger partial charge >= 0.3 is 5.97 Å². The van der Waals surface area contributed by atoms with Crippen LogP contribution >= 0.6 is 0 Å². The predicted octanol–water partition coefficient (Wildman–Crippen LogP) is 2.16. The number of hydrogen-bond donors (Lipinski definition) is 1. The first-order valence-electron chi connectivity index (χ1n) is 8.23. The van der Waals surface area contributed by atoms with Gasteiger partial charge < -0.3 is 9.47 Å². The van der Waals surface area contributed by atoms with Gasteiger partial charge in [0.15, 0.2) is 24.0 Å². The van der Waals surface area contributed by atoms with Gasteiger partial charge in [-0.15, -0.1) is 0 Å². The number of rotatable bonds is 8. The number of ether oxygens (including phenoxy) is 2. The van der Waals surface area contributed by atoms with E-state index in [0.29, 0.717) is 0 Å². The van der Waals surface area contributed by atoms with Gasteiger partial charge in [0.1, 0.15) is 6.54 Å². The summed E-state index contributed by atoms with van der Waals surface area (Å²) >= 11 is 0. The summed E-state index contributed by atoms with van der Waals surface area (Å²) in [6, 6.07) is 8.16. The molecule has 0 aliphatic heterocycles. The number of nitrogens with one attached hydrogen (secondary N) is 1. The summed E-state index contributed by atoms with van der Waals surface area (Å²) in [6.07, 6.45) is 0. The summed E-state index contributed by atoms with van der Waals surface area (Å²) in [7, 11) is -2.61. The van der Waals surface area contributed by atoms with Crippen LogP contribution < -0.4 is 9.46 Å². The first-order chi connectivity index (χ1) is 13.1. The Morgan fingerprint density at radius 1 is 1.07 bits per heavy atom. The van der Waals surface area contributed by atoms with Gasteiger partial charge in [0.25, 0.3) is 0 Å². The number of Topliss-reactive ketones (excluding diaryl/α,β-unsaturated/α-hetero) is 1. The second kappa shape index (κ2) is 8.94. The summed E-state index contributed by atoms with van der Waals surface area (Å²) in [6.45, 7) is 2.34. The average Bonchev–Trinajstić information content (AvgIpc) is 2.66. The van der Waals surface area contributed by atoms with Gasteiger partial charge in [0.05, 0.1) is 12.0 Å². The number of benzene rings is 2. The molecule has 2 aromatic rings. The zero-order valence-electron chi connectivity index (χ0n) is 15.6. The molecule has 28 heavy (non-hydrogen) atoms. The van der Waals surface area contributed by atoms with E-state index in [9.17, 15) is 22.4 Å². The lowest BCUT2D eigenvalue weighted by molar-refractivity contribution is -0.141. The Bertz CT molecular complexity index is 1000. The van der Waals surface area contributed by atoms with Crippen LogP contribution in [0.4, 0.5) is 4.39 Å². The third-order valence-electron chi connectivity index (χ3n) is 4.03. The highest BCUT2D eigenvalue weighted by Gasteiger charge is 2.18. The van der Waals surface area contributed by atoms with E-state index in [1.807, 2.05) is 6.92 Å². The van der Waals surface area contributed by atoms with Gasteiger partial charge in [0, 0.05) is 5.56 Å². The van der Waals surface area contributed by atoms with Crippen molar-refractivity contribution < 1.29 is 31.9 Å². The van der Waals surface area contributed by atoms with Crippen LogP contribution in [0.3, 0.4) is 0 Å². The highest BCUT2D eigenvalue weighted by molar-refractivity contribution is 7.89. The van der Waals surface area contributed by atoms with Crippen molar-refractivity contribution in [1.29, 1.82) is 0 Å². The number of carbonyl (C=O) groups is 2. The second-order valence-electron chi connectivity index (χ2n) is 6.00. The lowest BCUT2D eigenvalue weighted by Crippen LogP contribution is -2.31. The zero-order chi connectivity index (χ0) is 20.9. The molecule has 2 rings (SSSR count). The minimum atomic E-state index is -3.90. The summed E-state index contributed by atoms with van der Waals surface area (Å²) in [5, 5.41) is 0. The second-order valence-corrected chi connectivity index (χ2v) is 7.77. The maximum Gasteiger partial charge on any atom is 0.321 e. The topological polar surface area (TPSA) is 98.8 Å². The van der Waals surface area contributed by atoms with Crippen molar-refractivity contribution in [2.45, 2.75) is 18.7 Å². The Kier molecular flexibility index (Phi) is 6.87. The largest absolute Gasteiger partial charge is 0.494 e. The van der Waals surface area contributed by atoms with Crippen LogP contribution in [0.1, 0.15) is 21.5 Å². The first kappa shape index (κ1) is 21.5. The molecular weight excluding hydrogens is 389 g/mol. The van der Waals surface area contributed by atoms with Crippen molar-refractivity contribution in [3.05, 3.63) is 58.9 Å². The van der Waals surface area contributed by atoms with Crippen molar-refractivity contribution in [3.8, 4) is 5.75 Å². The Labute approximate surface area is 162 Å². The molecule has 0 spiro atoms. The standard InChI is InChI=1S/C19H20FNO6S/c1-12-4-6-15(8-13(12)2)28(24,25)21-10-19(23)27-11-17(22)14-5-7-18(26-3)16(20)9-14/h4-9,21H,10-11H2,1-3H3. The number of sulfonamides is 1. The molecule has 0 saturated heterocycles. The smallest absolute Gasteiger partial charge is 0.321 e. The van der Waals surface area contributed by atoms with E-state index in [1.165, 1.54) is 31.4 Å². The molecule has 0 bridgehead atoms. The van der Waals surface area contributed by atoms with Gasteiger partial charge in [-0.3, -0.25) is 9.59 Å². The summed E-state index contributed by atoms with van der Waals surface area (Å²) in [5.74, 6) is -2.31. The number of carbonyl (C=O) groups excluding carboxylic acids is 2. The van der Waals surface area contributed by atoms with E-state index in [2.05, 4.69) is 4.72 Å². The molecule has 0 heterocycles. The van der Waals surface area contributed by atoms with E-state index in [4.69, 9.17) is 9.47 Å². The van der Waals surface area contributed by atoms with E-state index in [0.717, 1.165) is 17.2 Å². The lowest BCUT2D eigenvalue weighted by Gasteiger charge is -2.09. The number of aryl methyl sites for hydroxylation is 2. The van der Waals surface area contributed by atoms with Gasteiger partial charge in [-0.2, -0.15) is 4.72 Å². The molecule has 0 saturated carbocycles. The molecule has 150 valence electrons. The molecule has 2 aromatic carbocycles. The van der Waals surface area contributed by atoms with E-state index in [-0.39, 0.29) is 16.2 Å². The monoisotopic (exact) mass is 409 g/mol. The summed E-state index contributed by atoms with van der Waals surface area (Å²) in [5.41, 5.74) is 1.73. The van der Waals surface area contributed by atoms with E-state index < -0.39 is 40.7 Å². The molecule has 0 aromatic heterocycles. The van der Waals surface area contributed by atoms with Crippen molar-refractivity contribution in [2.75, 3.05) is 20.3 Å². The molecule has 9 heteroatoms. The zero-order valence-corrected chi connectivity index (χ0v) is 16.4. The van der Waals surface area contributed by atoms with Crippen molar-refractivity contribution in [3.63, 3.8) is 0 Å². The van der Waals surface area contributed by atoms with Crippen molar-refractivity contribution >= 4 is 21.8 Å². The van der Waals surface area contributed by atoms with Gasteiger partial charge in [-0.1, -0.05) is 6.07 Å². The van der Waals surface area contributed by atoms with Crippen LogP contribution in [0.25, 0.3) is 0 Å². The normalized spacial score (nSPS) is 11.1. The number of methoxy groups -OCH3 is 1. The quantitative estimate of drug-likeness (QED) is 0.530. The molecule has 0 unspecified atom stereocenters. The van der Waals surface area contributed by atoms with Gasteiger partial charge in [-0.25, -0.2) is 12.8 Å². The van der Waals surface area contributed by atoms with Crippen LogP contribution in [0.15, 0.2) is 41.3 Å². The maximum absolute atomic E-state index is 13.6. The minimum Gasteiger partial charge on any atom is -0.494 e. The van der Waals surface area contributed by atoms with Crippen molar-refractivity contribution in [2.24, 2.45) is 0 Å². The first-order valence-corrected chi connectivity index (χ1v) is 9.71. The lowest BCUT2D eigenvalue weighted by atomic mass is 10.1. The third kappa shape index (κ3) is 5.37. The minimum absolute atomic E-state index is 0.00168. The van der Waals surface area contributed by atoms with Crippen LogP contribution in [0.2, 0.25) is 0 Å². The number of hydrogen-bond acceptors (Lipinski definition) is 6. The Morgan fingerprint density at radius 3 is 2.39 bits per heavy atom. The molecule has 0 atom stereocenters. The number of ketones is 1. The summed E-state index contributed by atoms with van der Waals surface area (Å²) < 4.78 is 49.7. The van der Waals surface area contributed by atoms with E-state index >= 15 is 0 Å². The third-order valence-corrected chi connectivity index (χ3v) is 5.43. The molecule has 0 radical (unpaired) electrons. The highest BCUT2D eigenvalue weighted by Crippen LogP contribution is 2.18. The fraction of sp³-hybridized carbons (Fsp3) is 0.263. The molecule has 7 nitrogen and oxygen atoms in total. The van der Waals surface area contributed by atoms with Crippen LogP contribution in [-0.2, 0) is 19.6 Å². The fourth-order valence-electron chi connectivity index (χ4n) is 2.24. The molecule has 0 fully saturated rings. The average molecular weight is 409 g/mol. The molecular formula is C19H20FNO6S. The Hall–Kier alpha value is -2.78. The summed E-state index contributed by atoms with van der Waals surface area (Å²) in [4.78, 5) is 23.7. The Morgan fingerprint density at radius 2 is 1.79 bits per heavy atom. The maximum atomic E-state index is 13.6. The fourth-order valence-corrected chi connectivity index (χ4v) is 3.29. The predicted molar refractivity (Wildman–Crippen MR) is 99.3 cm³/mol. The molecule has 0 amide bonds. The van der Waals surface area contributed by atoms with Crippen molar-refractivity contribution in [1.82, 2.24) is 4.72 Å².